The zero-order chi connectivity index (χ0) is 17.3. The Morgan fingerprint density at radius 3 is 2.96 bits per heavy atom. The van der Waals surface area contributed by atoms with Gasteiger partial charge >= 0.3 is 6.09 Å². The maximum atomic E-state index is 13.1. The third kappa shape index (κ3) is 3.34. The van der Waals surface area contributed by atoms with Gasteiger partial charge in [0.05, 0.1) is 29.9 Å². The number of aromatic nitrogens is 1. The van der Waals surface area contributed by atoms with E-state index in [2.05, 4.69) is 15.0 Å². The summed E-state index contributed by atoms with van der Waals surface area (Å²) in [6.07, 6.45) is -0.0219. The van der Waals surface area contributed by atoms with Crippen molar-refractivity contribution in [2.45, 2.75) is 13.0 Å². The molecular formula is C15H13ClFN3O3S. The van der Waals surface area contributed by atoms with Crippen LogP contribution in [0.1, 0.15) is 20.9 Å². The van der Waals surface area contributed by atoms with Crippen molar-refractivity contribution in [1.82, 2.24) is 9.88 Å². The van der Waals surface area contributed by atoms with E-state index in [0.717, 1.165) is 16.6 Å². The van der Waals surface area contributed by atoms with Gasteiger partial charge in [-0.1, -0.05) is 22.9 Å². The third-order valence-electron chi connectivity index (χ3n) is 3.57. The Hall–Kier alpha value is -2.19. The molecule has 6 nitrogen and oxygen atoms in total. The van der Waals surface area contributed by atoms with Crippen LogP contribution in [0.4, 0.5) is 14.3 Å². The lowest BCUT2D eigenvalue weighted by atomic mass is 10.1. The number of nitrogens with zero attached hydrogens (tertiary/aromatic N) is 2. The van der Waals surface area contributed by atoms with Crippen molar-refractivity contribution in [1.29, 1.82) is 0 Å². The van der Waals surface area contributed by atoms with Gasteiger partial charge in [0, 0.05) is 17.8 Å². The molecule has 0 unspecified atom stereocenters. The number of halogens is 2. The molecule has 0 atom stereocenters. The first kappa shape index (κ1) is 16.7. The normalized spacial score (nSPS) is 13.4. The quantitative estimate of drug-likeness (QED) is 0.881. The zero-order valence-electron chi connectivity index (χ0n) is 12.6. The van der Waals surface area contributed by atoms with E-state index < -0.39 is 11.9 Å². The average Bonchev–Trinajstić information content (AvgIpc) is 2.95. The lowest BCUT2D eigenvalue weighted by molar-refractivity contribution is 0.0736. The topological polar surface area (TPSA) is 71.5 Å². The summed E-state index contributed by atoms with van der Waals surface area (Å²) in [6, 6.07) is 3.71. The standard InChI is InChI=1S/C15H13ClFN3O3S/c1-23-15(22)19-14-18-11-4-5-20(7-12(11)24-14)13(21)9-3-2-8(17)6-10(9)16/h2-3,6H,4-5,7H2,1H3,(H,18,19,22). The summed E-state index contributed by atoms with van der Waals surface area (Å²) >= 11 is 7.25. The van der Waals surface area contributed by atoms with Crippen molar-refractivity contribution in [3.63, 3.8) is 0 Å². The van der Waals surface area contributed by atoms with Gasteiger partial charge < -0.3 is 9.64 Å². The Morgan fingerprint density at radius 1 is 1.46 bits per heavy atom. The Balaban J connectivity index is 1.77. The molecule has 1 aromatic heterocycles. The highest BCUT2D eigenvalue weighted by Crippen LogP contribution is 2.30. The van der Waals surface area contributed by atoms with Crippen molar-refractivity contribution in [2.24, 2.45) is 0 Å². The Kier molecular flexibility index (Phi) is 4.68. The molecule has 0 saturated carbocycles. The Morgan fingerprint density at radius 2 is 2.25 bits per heavy atom. The number of thiazole rings is 1. The molecule has 1 aliphatic heterocycles. The van der Waals surface area contributed by atoms with Crippen molar-refractivity contribution in [2.75, 3.05) is 19.0 Å². The maximum absolute atomic E-state index is 13.1. The number of rotatable bonds is 2. The molecule has 0 radical (unpaired) electrons. The molecular weight excluding hydrogens is 357 g/mol. The first-order valence-electron chi connectivity index (χ1n) is 7.06. The number of fused-ring (bicyclic) bond motifs is 1. The van der Waals surface area contributed by atoms with Gasteiger partial charge in [0.15, 0.2) is 5.13 Å². The second-order valence-corrected chi connectivity index (χ2v) is 6.60. The molecule has 1 aliphatic rings. The first-order valence-corrected chi connectivity index (χ1v) is 8.25. The van der Waals surface area contributed by atoms with Gasteiger partial charge in [-0.3, -0.25) is 10.1 Å². The van der Waals surface area contributed by atoms with Crippen LogP contribution >= 0.6 is 22.9 Å². The molecule has 1 N–H and O–H groups in total. The fraction of sp³-hybridized carbons (Fsp3) is 0.267. The highest BCUT2D eigenvalue weighted by molar-refractivity contribution is 7.15. The smallest absolute Gasteiger partial charge is 0.413 e. The monoisotopic (exact) mass is 369 g/mol. The Labute approximate surface area is 146 Å². The molecule has 9 heteroatoms. The number of amides is 2. The predicted octanol–water partition coefficient (Wildman–Crippen LogP) is 3.31. The molecule has 0 spiro atoms. The number of methoxy groups -OCH3 is 1. The molecule has 2 heterocycles. The molecule has 0 saturated heterocycles. The minimum Gasteiger partial charge on any atom is -0.453 e. The van der Waals surface area contributed by atoms with E-state index in [1.807, 2.05) is 0 Å². The summed E-state index contributed by atoms with van der Waals surface area (Å²) in [5.74, 6) is -0.750. The van der Waals surface area contributed by atoms with Crippen molar-refractivity contribution >= 4 is 40.1 Å². The van der Waals surface area contributed by atoms with Gasteiger partial charge in [0.1, 0.15) is 5.82 Å². The average molecular weight is 370 g/mol. The number of carbonyl (C=O) groups excluding carboxylic acids is 2. The fourth-order valence-corrected chi connectivity index (χ4v) is 3.65. The van der Waals surface area contributed by atoms with Crippen LogP contribution in [-0.2, 0) is 17.7 Å². The van der Waals surface area contributed by atoms with Crippen LogP contribution in [0.3, 0.4) is 0 Å². The van der Waals surface area contributed by atoms with Crippen molar-refractivity contribution in [3.8, 4) is 0 Å². The molecule has 3 rings (SSSR count). The molecule has 2 aromatic rings. The summed E-state index contributed by atoms with van der Waals surface area (Å²) in [5, 5.41) is 3.04. The van der Waals surface area contributed by atoms with E-state index in [0.29, 0.717) is 24.6 Å². The minimum atomic E-state index is -0.591. The molecule has 2 amide bonds. The van der Waals surface area contributed by atoms with Crippen LogP contribution in [0.15, 0.2) is 18.2 Å². The number of anilines is 1. The summed E-state index contributed by atoms with van der Waals surface area (Å²) < 4.78 is 17.7. The maximum Gasteiger partial charge on any atom is 0.413 e. The van der Waals surface area contributed by atoms with Gasteiger partial charge in [0.2, 0.25) is 0 Å². The lowest BCUT2D eigenvalue weighted by Gasteiger charge is -2.26. The van der Waals surface area contributed by atoms with E-state index in [-0.39, 0.29) is 16.5 Å². The SMILES string of the molecule is COC(=O)Nc1nc2c(s1)CN(C(=O)c1ccc(F)cc1Cl)CC2. The van der Waals surface area contributed by atoms with Gasteiger partial charge in [-0.2, -0.15) is 0 Å². The molecule has 126 valence electrons. The number of hydrogen-bond donors (Lipinski definition) is 1. The molecule has 1 aromatic carbocycles. The van der Waals surface area contributed by atoms with Gasteiger partial charge in [-0.15, -0.1) is 0 Å². The van der Waals surface area contributed by atoms with Gasteiger partial charge in [-0.05, 0) is 18.2 Å². The molecule has 24 heavy (non-hydrogen) atoms. The van der Waals surface area contributed by atoms with E-state index in [1.54, 1.807) is 4.90 Å². The zero-order valence-corrected chi connectivity index (χ0v) is 14.2. The van der Waals surface area contributed by atoms with Crippen LogP contribution in [0.5, 0.6) is 0 Å². The van der Waals surface area contributed by atoms with Crippen LogP contribution in [0.2, 0.25) is 5.02 Å². The summed E-state index contributed by atoms with van der Waals surface area (Å²) in [6.45, 7) is 0.837. The second kappa shape index (κ2) is 6.74. The van der Waals surface area contributed by atoms with Crippen LogP contribution < -0.4 is 5.32 Å². The van der Waals surface area contributed by atoms with E-state index in [4.69, 9.17) is 11.6 Å². The Bertz CT molecular complexity index is 811. The minimum absolute atomic E-state index is 0.0862. The first-order chi connectivity index (χ1) is 11.5. The second-order valence-electron chi connectivity index (χ2n) is 5.11. The number of ether oxygens (including phenoxy) is 1. The summed E-state index contributed by atoms with van der Waals surface area (Å²) in [7, 11) is 1.27. The largest absolute Gasteiger partial charge is 0.453 e. The van der Waals surface area contributed by atoms with E-state index in [1.165, 1.54) is 30.6 Å². The van der Waals surface area contributed by atoms with Crippen LogP contribution in [0.25, 0.3) is 0 Å². The number of nitrogens with one attached hydrogen (secondary N) is 1. The van der Waals surface area contributed by atoms with Crippen LogP contribution in [-0.4, -0.2) is 35.5 Å². The van der Waals surface area contributed by atoms with E-state index in [9.17, 15) is 14.0 Å². The van der Waals surface area contributed by atoms with Crippen molar-refractivity contribution in [3.05, 3.63) is 45.2 Å². The van der Waals surface area contributed by atoms with Crippen molar-refractivity contribution < 1.29 is 18.7 Å². The summed E-state index contributed by atoms with van der Waals surface area (Å²) in [5.41, 5.74) is 1.11. The highest BCUT2D eigenvalue weighted by Gasteiger charge is 2.26. The van der Waals surface area contributed by atoms with Crippen LogP contribution in [0, 0.1) is 5.82 Å². The molecule has 0 fully saturated rings. The summed E-state index contributed by atoms with van der Waals surface area (Å²) in [4.78, 5) is 30.7. The van der Waals surface area contributed by atoms with Gasteiger partial charge in [0.25, 0.3) is 5.91 Å². The fourth-order valence-electron chi connectivity index (χ4n) is 2.39. The predicted molar refractivity (Wildman–Crippen MR) is 88.0 cm³/mol. The number of carbonyl (C=O) groups is 2. The van der Waals surface area contributed by atoms with E-state index >= 15 is 0 Å². The lowest BCUT2D eigenvalue weighted by Crippen LogP contribution is -2.35. The molecule has 0 aliphatic carbocycles. The number of hydrogen-bond acceptors (Lipinski definition) is 5. The van der Waals surface area contributed by atoms with Gasteiger partial charge in [-0.25, -0.2) is 14.2 Å². The number of benzene rings is 1. The highest BCUT2D eigenvalue weighted by atomic mass is 35.5. The molecule has 0 bridgehead atoms. The third-order valence-corrected chi connectivity index (χ3v) is 4.88.